The van der Waals surface area contributed by atoms with Crippen LogP contribution in [0.15, 0.2) is 18.2 Å². The van der Waals surface area contributed by atoms with Gasteiger partial charge in [0.1, 0.15) is 0 Å². The van der Waals surface area contributed by atoms with Crippen molar-refractivity contribution in [3.8, 4) is 6.19 Å². The van der Waals surface area contributed by atoms with Gasteiger partial charge >= 0.3 is 0 Å². The number of nitrogens with one attached hydrogen (secondary N) is 1. The minimum Gasteiger partial charge on any atom is -0.324 e. The molecule has 13 heavy (non-hydrogen) atoms. The molecule has 1 aromatic rings. The summed E-state index contributed by atoms with van der Waals surface area (Å²) in [6.07, 6.45) is 2.58. The first-order valence-electron chi connectivity index (χ1n) is 3.80. The SMILES string of the molecule is N#CNCCc1ccc(Cl)cc1Cl. The van der Waals surface area contributed by atoms with Gasteiger partial charge in [-0.3, -0.25) is 0 Å². The van der Waals surface area contributed by atoms with Crippen molar-refractivity contribution < 1.29 is 0 Å². The Kier molecular flexibility index (Phi) is 3.88. The molecule has 0 aromatic heterocycles. The van der Waals surface area contributed by atoms with Gasteiger partial charge in [0.25, 0.3) is 0 Å². The van der Waals surface area contributed by atoms with Crippen LogP contribution in [0.25, 0.3) is 0 Å². The Morgan fingerprint density at radius 3 is 2.77 bits per heavy atom. The standard InChI is InChI=1S/C9H8Cl2N2/c10-8-2-1-7(9(11)5-8)3-4-13-6-12/h1-2,5,13H,3-4H2. The summed E-state index contributed by atoms with van der Waals surface area (Å²) in [6, 6.07) is 5.35. The Bertz CT molecular complexity index is 331. The maximum atomic E-state index is 8.24. The maximum Gasteiger partial charge on any atom is 0.176 e. The molecule has 68 valence electrons. The van der Waals surface area contributed by atoms with Crippen LogP contribution >= 0.6 is 23.2 Å². The fourth-order valence-electron chi connectivity index (χ4n) is 0.978. The lowest BCUT2D eigenvalue weighted by Gasteiger charge is -2.02. The largest absolute Gasteiger partial charge is 0.324 e. The van der Waals surface area contributed by atoms with Crippen molar-refractivity contribution in [3.63, 3.8) is 0 Å². The van der Waals surface area contributed by atoms with E-state index in [2.05, 4.69) is 5.32 Å². The van der Waals surface area contributed by atoms with Gasteiger partial charge in [-0.15, -0.1) is 0 Å². The van der Waals surface area contributed by atoms with E-state index < -0.39 is 0 Å². The molecule has 0 saturated carbocycles. The van der Waals surface area contributed by atoms with E-state index in [1.54, 1.807) is 12.1 Å². The maximum absolute atomic E-state index is 8.24. The van der Waals surface area contributed by atoms with Gasteiger partial charge in [-0.05, 0) is 24.1 Å². The zero-order valence-electron chi connectivity index (χ0n) is 6.85. The number of nitriles is 1. The third kappa shape index (κ3) is 3.14. The van der Waals surface area contributed by atoms with Crippen molar-refractivity contribution in [3.05, 3.63) is 33.8 Å². The van der Waals surface area contributed by atoms with Crippen LogP contribution in [0.3, 0.4) is 0 Å². The Balaban J connectivity index is 2.62. The minimum atomic E-state index is 0.595. The van der Waals surface area contributed by atoms with Crippen LogP contribution < -0.4 is 5.32 Å². The predicted octanol–water partition coefficient (Wildman–Crippen LogP) is 2.61. The second kappa shape index (κ2) is 4.96. The zero-order chi connectivity index (χ0) is 9.68. The molecular formula is C9H8Cl2N2. The van der Waals surface area contributed by atoms with Gasteiger partial charge in [0.05, 0.1) is 0 Å². The number of nitrogens with zero attached hydrogens (tertiary/aromatic N) is 1. The topological polar surface area (TPSA) is 35.8 Å². The van der Waals surface area contributed by atoms with Crippen molar-refractivity contribution in [1.29, 1.82) is 5.26 Å². The van der Waals surface area contributed by atoms with Crippen LogP contribution in [0.5, 0.6) is 0 Å². The third-order valence-electron chi connectivity index (χ3n) is 1.61. The molecule has 0 atom stereocenters. The Hall–Kier alpha value is -0.910. The van der Waals surface area contributed by atoms with Crippen molar-refractivity contribution in [2.45, 2.75) is 6.42 Å². The molecule has 0 radical (unpaired) electrons. The van der Waals surface area contributed by atoms with Crippen molar-refractivity contribution in [2.75, 3.05) is 6.54 Å². The summed E-state index contributed by atoms with van der Waals surface area (Å²) in [5, 5.41) is 12.1. The average molecular weight is 215 g/mol. The van der Waals surface area contributed by atoms with Crippen molar-refractivity contribution in [2.24, 2.45) is 0 Å². The highest BCUT2D eigenvalue weighted by Gasteiger charge is 1.99. The highest BCUT2D eigenvalue weighted by atomic mass is 35.5. The molecule has 1 aromatic carbocycles. The van der Waals surface area contributed by atoms with Crippen LogP contribution in [-0.2, 0) is 6.42 Å². The monoisotopic (exact) mass is 214 g/mol. The summed E-state index contributed by atoms with van der Waals surface area (Å²) >= 11 is 11.6. The van der Waals surface area contributed by atoms with E-state index in [0.29, 0.717) is 16.6 Å². The Labute approximate surface area is 87.1 Å². The molecule has 0 heterocycles. The molecule has 4 heteroatoms. The van der Waals surface area contributed by atoms with Crippen LogP contribution in [-0.4, -0.2) is 6.54 Å². The van der Waals surface area contributed by atoms with E-state index in [1.165, 1.54) is 0 Å². The van der Waals surface area contributed by atoms with Gasteiger partial charge < -0.3 is 5.32 Å². The van der Waals surface area contributed by atoms with E-state index in [9.17, 15) is 0 Å². The van der Waals surface area contributed by atoms with Crippen LogP contribution in [0.1, 0.15) is 5.56 Å². The molecule has 0 unspecified atom stereocenters. The van der Waals surface area contributed by atoms with Gasteiger partial charge in [-0.25, -0.2) is 0 Å². The molecular weight excluding hydrogens is 207 g/mol. The summed E-state index contributed by atoms with van der Waals surface area (Å²) < 4.78 is 0. The Morgan fingerprint density at radius 1 is 1.38 bits per heavy atom. The highest BCUT2D eigenvalue weighted by molar-refractivity contribution is 6.35. The number of hydrogen-bond acceptors (Lipinski definition) is 2. The second-order valence-electron chi connectivity index (χ2n) is 2.52. The van der Waals surface area contributed by atoms with Gasteiger partial charge in [-0.2, -0.15) is 5.26 Å². The number of rotatable bonds is 3. The second-order valence-corrected chi connectivity index (χ2v) is 3.37. The normalized spacial score (nSPS) is 9.31. The highest BCUT2D eigenvalue weighted by Crippen LogP contribution is 2.20. The lowest BCUT2D eigenvalue weighted by molar-refractivity contribution is 0.844. The lowest BCUT2D eigenvalue weighted by Crippen LogP contribution is -2.09. The van der Waals surface area contributed by atoms with Crippen LogP contribution in [0, 0.1) is 11.5 Å². The number of benzene rings is 1. The molecule has 1 N–H and O–H groups in total. The molecule has 0 bridgehead atoms. The van der Waals surface area contributed by atoms with Crippen LogP contribution in [0.2, 0.25) is 10.0 Å². The number of hydrogen-bond donors (Lipinski definition) is 1. The summed E-state index contributed by atoms with van der Waals surface area (Å²) in [5.41, 5.74) is 0.994. The molecule has 0 aliphatic rings. The third-order valence-corrected chi connectivity index (χ3v) is 2.20. The fourth-order valence-corrected chi connectivity index (χ4v) is 1.48. The average Bonchev–Trinajstić information content (AvgIpc) is 2.09. The molecule has 0 saturated heterocycles. The molecule has 0 aliphatic carbocycles. The van der Waals surface area contributed by atoms with Crippen molar-refractivity contribution in [1.82, 2.24) is 5.32 Å². The summed E-state index contributed by atoms with van der Waals surface area (Å²) in [5.74, 6) is 0. The van der Waals surface area contributed by atoms with E-state index in [-0.39, 0.29) is 0 Å². The minimum absolute atomic E-state index is 0.595. The molecule has 0 aliphatic heterocycles. The van der Waals surface area contributed by atoms with E-state index in [4.69, 9.17) is 28.5 Å². The first-order chi connectivity index (χ1) is 6.24. The molecule has 1 rings (SSSR count). The molecule has 0 spiro atoms. The Morgan fingerprint density at radius 2 is 2.15 bits per heavy atom. The molecule has 2 nitrogen and oxygen atoms in total. The smallest absolute Gasteiger partial charge is 0.176 e. The van der Waals surface area contributed by atoms with Gasteiger partial charge in [0.15, 0.2) is 6.19 Å². The van der Waals surface area contributed by atoms with Gasteiger partial charge in [0, 0.05) is 16.6 Å². The molecule has 0 fully saturated rings. The summed E-state index contributed by atoms with van der Waals surface area (Å²) in [6.45, 7) is 0.595. The first-order valence-corrected chi connectivity index (χ1v) is 4.55. The molecule has 0 amide bonds. The van der Waals surface area contributed by atoms with E-state index in [1.807, 2.05) is 12.3 Å². The fraction of sp³-hybridized carbons (Fsp3) is 0.222. The van der Waals surface area contributed by atoms with Gasteiger partial charge in [0.2, 0.25) is 0 Å². The van der Waals surface area contributed by atoms with Crippen molar-refractivity contribution >= 4 is 23.2 Å². The quantitative estimate of drug-likeness (QED) is 0.477. The van der Waals surface area contributed by atoms with Gasteiger partial charge in [-0.1, -0.05) is 29.3 Å². The first kappa shape index (κ1) is 10.2. The zero-order valence-corrected chi connectivity index (χ0v) is 8.36. The number of halogens is 2. The van der Waals surface area contributed by atoms with E-state index >= 15 is 0 Å². The summed E-state index contributed by atoms with van der Waals surface area (Å²) in [7, 11) is 0. The summed E-state index contributed by atoms with van der Waals surface area (Å²) in [4.78, 5) is 0. The van der Waals surface area contributed by atoms with E-state index in [0.717, 1.165) is 12.0 Å². The predicted molar refractivity (Wildman–Crippen MR) is 53.8 cm³/mol. The van der Waals surface area contributed by atoms with Crippen LogP contribution in [0.4, 0.5) is 0 Å². The lowest BCUT2D eigenvalue weighted by atomic mass is 10.1.